The van der Waals surface area contributed by atoms with Crippen LogP contribution in [0.3, 0.4) is 0 Å². The van der Waals surface area contributed by atoms with Crippen molar-refractivity contribution < 1.29 is 9.84 Å². The van der Waals surface area contributed by atoms with Crippen LogP contribution in [-0.4, -0.2) is 15.1 Å². The van der Waals surface area contributed by atoms with Crippen LogP contribution in [0.4, 0.5) is 0 Å². The molecule has 1 unspecified atom stereocenters. The van der Waals surface area contributed by atoms with Crippen molar-refractivity contribution in [3.05, 3.63) is 46.9 Å². The lowest BCUT2D eigenvalue weighted by molar-refractivity contribution is 0.192. The Kier molecular flexibility index (Phi) is 4.35. The number of aromatic nitrogens is 2. The second-order valence-corrected chi connectivity index (χ2v) is 4.88. The molecule has 4 nitrogen and oxygen atoms in total. The molecule has 1 heterocycles. The molecule has 0 aliphatic carbocycles. The van der Waals surface area contributed by atoms with Crippen LogP contribution in [0.1, 0.15) is 42.6 Å². The Balaban J connectivity index is 2.42. The molecule has 0 spiro atoms. The minimum Gasteiger partial charge on any atom is -0.439 e. The van der Waals surface area contributed by atoms with E-state index in [-0.39, 0.29) is 0 Å². The first kappa shape index (κ1) is 14.5. The maximum Gasteiger partial charge on any atom is 0.226 e. The van der Waals surface area contributed by atoms with Crippen molar-refractivity contribution in [3.63, 3.8) is 0 Å². The van der Waals surface area contributed by atoms with E-state index in [0.29, 0.717) is 23.8 Å². The average Bonchev–Trinajstić information content (AvgIpc) is 2.40. The summed E-state index contributed by atoms with van der Waals surface area (Å²) in [5, 5.41) is 9.84. The molecule has 2 rings (SSSR count). The third kappa shape index (κ3) is 3.14. The maximum absolute atomic E-state index is 9.84. The SMILES string of the molecule is CCc1c(Oc2ccc(C)cc2)nc(C)nc1C(C)O. The number of aryl methyl sites for hydroxylation is 2. The summed E-state index contributed by atoms with van der Waals surface area (Å²) in [7, 11) is 0. The molecule has 0 fully saturated rings. The zero-order chi connectivity index (χ0) is 14.7. The molecule has 20 heavy (non-hydrogen) atoms. The van der Waals surface area contributed by atoms with Gasteiger partial charge in [0, 0.05) is 5.56 Å². The zero-order valence-electron chi connectivity index (χ0n) is 12.3. The van der Waals surface area contributed by atoms with E-state index in [1.165, 1.54) is 5.56 Å². The lowest BCUT2D eigenvalue weighted by Crippen LogP contribution is -2.07. The molecule has 0 radical (unpaired) electrons. The van der Waals surface area contributed by atoms with Gasteiger partial charge < -0.3 is 9.84 Å². The molecule has 4 heteroatoms. The standard InChI is InChI=1S/C16H20N2O2/c1-5-14-15(11(3)19)17-12(4)18-16(14)20-13-8-6-10(2)7-9-13/h6-9,11,19H,5H2,1-4H3. The fourth-order valence-electron chi connectivity index (χ4n) is 2.07. The molecular formula is C16H20N2O2. The minimum atomic E-state index is -0.632. The predicted octanol–water partition coefficient (Wildman–Crippen LogP) is 3.50. The van der Waals surface area contributed by atoms with Gasteiger partial charge in [0.1, 0.15) is 11.6 Å². The van der Waals surface area contributed by atoms with Crippen LogP contribution in [0.5, 0.6) is 11.6 Å². The molecule has 2 aromatic rings. The molecule has 0 aliphatic heterocycles. The molecule has 1 aromatic heterocycles. The Morgan fingerprint density at radius 3 is 2.35 bits per heavy atom. The highest BCUT2D eigenvalue weighted by Crippen LogP contribution is 2.28. The normalized spacial score (nSPS) is 12.2. The average molecular weight is 272 g/mol. The zero-order valence-corrected chi connectivity index (χ0v) is 12.3. The fourth-order valence-corrected chi connectivity index (χ4v) is 2.07. The molecule has 1 aromatic carbocycles. The summed E-state index contributed by atoms with van der Waals surface area (Å²) in [4.78, 5) is 8.68. The first-order valence-corrected chi connectivity index (χ1v) is 6.81. The van der Waals surface area contributed by atoms with Gasteiger partial charge in [-0.25, -0.2) is 4.98 Å². The lowest BCUT2D eigenvalue weighted by atomic mass is 10.1. The van der Waals surface area contributed by atoms with Gasteiger partial charge in [0.2, 0.25) is 5.88 Å². The van der Waals surface area contributed by atoms with Gasteiger partial charge in [0.05, 0.1) is 11.8 Å². The molecule has 0 saturated carbocycles. The molecule has 0 saturated heterocycles. The summed E-state index contributed by atoms with van der Waals surface area (Å²) < 4.78 is 5.86. The van der Waals surface area contributed by atoms with E-state index < -0.39 is 6.10 Å². The quantitative estimate of drug-likeness (QED) is 0.925. The van der Waals surface area contributed by atoms with Gasteiger partial charge >= 0.3 is 0 Å². The highest BCUT2D eigenvalue weighted by Gasteiger charge is 2.17. The van der Waals surface area contributed by atoms with Gasteiger partial charge in [-0.05, 0) is 39.3 Å². The summed E-state index contributed by atoms with van der Waals surface area (Å²) in [5.41, 5.74) is 2.67. The van der Waals surface area contributed by atoms with Crippen molar-refractivity contribution in [2.24, 2.45) is 0 Å². The summed E-state index contributed by atoms with van der Waals surface area (Å²) in [5.74, 6) is 1.86. The van der Waals surface area contributed by atoms with E-state index in [1.54, 1.807) is 13.8 Å². The largest absolute Gasteiger partial charge is 0.439 e. The second kappa shape index (κ2) is 6.01. The number of benzene rings is 1. The van der Waals surface area contributed by atoms with Crippen molar-refractivity contribution in [1.29, 1.82) is 0 Å². The van der Waals surface area contributed by atoms with E-state index in [4.69, 9.17) is 4.74 Å². The summed E-state index contributed by atoms with van der Waals surface area (Å²) in [6.07, 6.45) is 0.0776. The van der Waals surface area contributed by atoms with Crippen LogP contribution in [0.2, 0.25) is 0 Å². The fraction of sp³-hybridized carbons (Fsp3) is 0.375. The first-order chi connectivity index (χ1) is 9.51. The van der Waals surface area contributed by atoms with Gasteiger partial charge in [-0.1, -0.05) is 24.6 Å². The van der Waals surface area contributed by atoms with Crippen LogP contribution < -0.4 is 4.74 Å². The molecule has 106 valence electrons. The highest BCUT2D eigenvalue weighted by molar-refractivity contribution is 5.37. The van der Waals surface area contributed by atoms with Gasteiger partial charge in [-0.3, -0.25) is 0 Å². The van der Waals surface area contributed by atoms with Gasteiger partial charge in [0.25, 0.3) is 0 Å². The number of aliphatic hydroxyl groups is 1. The Morgan fingerprint density at radius 1 is 1.15 bits per heavy atom. The number of hydrogen-bond donors (Lipinski definition) is 1. The summed E-state index contributed by atoms with van der Waals surface area (Å²) in [6, 6.07) is 7.80. The van der Waals surface area contributed by atoms with E-state index >= 15 is 0 Å². The predicted molar refractivity (Wildman–Crippen MR) is 78.0 cm³/mol. The van der Waals surface area contributed by atoms with Gasteiger partial charge in [-0.2, -0.15) is 4.98 Å². The Labute approximate surface area is 119 Å². The number of aliphatic hydroxyl groups excluding tert-OH is 1. The molecule has 0 bridgehead atoms. The monoisotopic (exact) mass is 272 g/mol. The van der Waals surface area contributed by atoms with E-state index in [9.17, 15) is 5.11 Å². The van der Waals surface area contributed by atoms with Crippen molar-refractivity contribution in [2.45, 2.75) is 40.2 Å². The van der Waals surface area contributed by atoms with E-state index in [0.717, 1.165) is 11.3 Å². The molecule has 0 aliphatic rings. The van der Waals surface area contributed by atoms with Crippen LogP contribution in [0, 0.1) is 13.8 Å². The lowest BCUT2D eigenvalue weighted by Gasteiger charge is -2.15. The van der Waals surface area contributed by atoms with Crippen molar-refractivity contribution >= 4 is 0 Å². The third-order valence-corrected chi connectivity index (χ3v) is 3.10. The Morgan fingerprint density at radius 2 is 1.80 bits per heavy atom. The van der Waals surface area contributed by atoms with Gasteiger partial charge in [0.15, 0.2) is 0 Å². The number of rotatable bonds is 4. The summed E-state index contributed by atoms with van der Waals surface area (Å²) >= 11 is 0. The molecule has 0 amide bonds. The van der Waals surface area contributed by atoms with E-state index in [2.05, 4.69) is 9.97 Å². The highest BCUT2D eigenvalue weighted by atomic mass is 16.5. The number of nitrogens with zero attached hydrogens (tertiary/aromatic N) is 2. The van der Waals surface area contributed by atoms with E-state index in [1.807, 2.05) is 38.1 Å². The topological polar surface area (TPSA) is 55.2 Å². The van der Waals surface area contributed by atoms with Crippen LogP contribution >= 0.6 is 0 Å². The van der Waals surface area contributed by atoms with Crippen molar-refractivity contribution in [1.82, 2.24) is 9.97 Å². The first-order valence-electron chi connectivity index (χ1n) is 6.81. The van der Waals surface area contributed by atoms with Crippen LogP contribution in [0.25, 0.3) is 0 Å². The van der Waals surface area contributed by atoms with Crippen molar-refractivity contribution in [3.8, 4) is 11.6 Å². The van der Waals surface area contributed by atoms with Crippen molar-refractivity contribution in [2.75, 3.05) is 0 Å². The molecule has 1 atom stereocenters. The maximum atomic E-state index is 9.84. The molecular weight excluding hydrogens is 252 g/mol. The van der Waals surface area contributed by atoms with Crippen LogP contribution in [0.15, 0.2) is 24.3 Å². The molecule has 1 N–H and O–H groups in total. The minimum absolute atomic E-state index is 0.528. The number of ether oxygens (including phenoxy) is 1. The number of hydrogen-bond acceptors (Lipinski definition) is 4. The third-order valence-electron chi connectivity index (χ3n) is 3.10. The second-order valence-electron chi connectivity index (χ2n) is 4.88. The Hall–Kier alpha value is -1.94. The summed E-state index contributed by atoms with van der Waals surface area (Å²) in [6.45, 7) is 7.54. The Bertz CT molecular complexity index is 592. The smallest absolute Gasteiger partial charge is 0.226 e. The van der Waals surface area contributed by atoms with Gasteiger partial charge in [-0.15, -0.1) is 0 Å². The van der Waals surface area contributed by atoms with Crippen LogP contribution in [-0.2, 0) is 6.42 Å².